The maximum absolute atomic E-state index is 11.1. The molecule has 0 aromatic carbocycles. The Kier molecular flexibility index (Phi) is 20.6. The molecule has 0 amide bonds. The molecule has 0 aliphatic rings. The summed E-state index contributed by atoms with van der Waals surface area (Å²) in [6, 6.07) is 0. The summed E-state index contributed by atoms with van der Waals surface area (Å²) in [6.07, 6.45) is 13.0. The van der Waals surface area contributed by atoms with Crippen molar-refractivity contribution >= 4 is 17.6 Å². The molecule has 0 aliphatic heterocycles. The molecule has 0 saturated heterocycles. The molecule has 21 heavy (non-hydrogen) atoms. The number of carbonyl (C=O) groups excluding carboxylic acids is 1. The van der Waals surface area contributed by atoms with Gasteiger partial charge in [0.2, 0.25) is 0 Å². The molecule has 0 heterocycles. The quantitative estimate of drug-likeness (QED) is 0.237. The van der Waals surface area contributed by atoms with Gasteiger partial charge in [-0.2, -0.15) is 0 Å². The number of unbranched alkanes of at least 4 members (excludes halogenated alkanes) is 9. The number of halogens is 1. The zero-order valence-electron chi connectivity index (χ0n) is 14.0. The molecule has 2 nitrogen and oxygen atoms in total. The summed E-state index contributed by atoms with van der Waals surface area (Å²) >= 11 is 4.76. The minimum absolute atomic E-state index is 0.258. The van der Waals surface area contributed by atoms with Crippen LogP contribution in [0, 0.1) is 0 Å². The maximum Gasteiger partial charge on any atom is 0.333 e. The van der Waals surface area contributed by atoms with Crippen LogP contribution in [-0.4, -0.2) is 12.6 Å². The largest absolute Gasteiger partial charge is 0.462 e. The monoisotopic (exact) mass is 316 g/mol. The highest BCUT2D eigenvalue weighted by atomic mass is 35.5. The molecule has 0 unspecified atom stereocenters. The van der Waals surface area contributed by atoms with Crippen molar-refractivity contribution in [1.82, 2.24) is 0 Å². The first-order valence-corrected chi connectivity index (χ1v) is 8.57. The van der Waals surface area contributed by atoms with Crippen molar-refractivity contribution < 1.29 is 9.53 Å². The van der Waals surface area contributed by atoms with Crippen molar-refractivity contribution in [2.75, 3.05) is 6.61 Å². The Morgan fingerprint density at radius 3 is 1.76 bits per heavy atom. The van der Waals surface area contributed by atoms with Crippen LogP contribution >= 0.6 is 11.6 Å². The van der Waals surface area contributed by atoms with E-state index in [2.05, 4.69) is 20.1 Å². The van der Waals surface area contributed by atoms with E-state index in [9.17, 15) is 4.79 Å². The summed E-state index contributed by atoms with van der Waals surface area (Å²) in [5, 5.41) is 0. The lowest BCUT2D eigenvalue weighted by molar-refractivity contribution is -0.139. The van der Waals surface area contributed by atoms with E-state index in [4.69, 9.17) is 16.3 Å². The van der Waals surface area contributed by atoms with Gasteiger partial charge in [0.1, 0.15) is 0 Å². The second-order valence-corrected chi connectivity index (χ2v) is 5.56. The fourth-order valence-electron chi connectivity index (χ4n) is 1.88. The minimum atomic E-state index is -0.258. The van der Waals surface area contributed by atoms with E-state index >= 15 is 0 Å². The Balaban J connectivity index is 0. The van der Waals surface area contributed by atoms with Gasteiger partial charge in [-0.1, -0.05) is 89.5 Å². The van der Waals surface area contributed by atoms with Crippen molar-refractivity contribution in [1.29, 1.82) is 0 Å². The van der Waals surface area contributed by atoms with Crippen molar-refractivity contribution in [2.24, 2.45) is 0 Å². The molecule has 0 atom stereocenters. The molecule has 0 rings (SSSR count). The third kappa shape index (κ3) is 21.7. The van der Waals surface area contributed by atoms with Gasteiger partial charge in [-0.3, -0.25) is 0 Å². The highest BCUT2D eigenvalue weighted by Crippen LogP contribution is 2.10. The van der Waals surface area contributed by atoms with Crippen molar-refractivity contribution in [3.8, 4) is 0 Å². The number of hydrogen-bond donors (Lipinski definition) is 0. The highest BCUT2D eigenvalue weighted by Gasteiger charge is 2.01. The zero-order valence-corrected chi connectivity index (χ0v) is 14.7. The summed E-state index contributed by atoms with van der Waals surface area (Å²) in [6.45, 7) is 11.2. The van der Waals surface area contributed by atoms with E-state index < -0.39 is 0 Å². The predicted molar refractivity (Wildman–Crippen MR) is 93.7 cm³/mol. The molecule has 0 fully saturated rings. The zero-order chi connectivity index (χ0) is 16.3. The second-order valence-electron chi connectivity index (χ2n) is 5.25. The number of hydrogen-bond acceptors (Lipinski definition) is 2. The molecular weight excluding hydrogens is 284 g/mol. The number of carbonyl (C=O) groups is 1. The summed E-state index contributed by atoms with van der Waals surface area (Å²) in [7, 11) is 0. The van der Waals surface area contributed by atoms with Crippen molar-refractivity contribution in [3.05, 3.63) is 24.3 Å². The Labute approximate surface area is 136 Å². The topological polar surface area (TPSA) is 26.3 Å². The molecule has 0 aliphatic carbocycles. The van der Waals surface area contributed by atoms with E-state index in [0.29, 0.717) is 12.2 Å². The average Bonchev–Trinajstić information content (AvgIpc) is 2.45. The molecule has 0 radical (unpaired) electrons. The summed E-state index contributed by atoms with van der Waals surface area (Å²) < 4.78 is 5.04. The fourth-order valence-corrected chi connectivity index (χ4v) is 1.88. The van der Waals surface area contributed by atoms with Gasteiger partial charge in [-0.15, -0.1) is 0 Å². The third-order valence-electron chi connectivity index (χ3n) is 3.08. The molecular formula is C18H33ClO2. The summed E-state index contributed by atoms with van der Waals surface area (Å²) in [4.78, 5) is 11.1. The minimum Gasteiger partial charge on any atom is -0.462 e. The van der Waals surface area contributed by atoms with Gasteiger partial charge in [0, 0.05) is 5.57 Å². The molecule has 0 spiro atoms. The molecule has 124 valence electrons. The number of rotatable bonds is 12. The van der Waals surface area contributed by atoms with Crippen molar-refractivity contribution in [3.63, 3.8) is 0 Å². The average molecular weight is 317 g/mol. The van der Waals surface area contributed by atoms with Gasteiger partial charge in [-0.25, -0.2) is 4.79 Å². The van der Waals surface area contributed by atoms with Gasteiger partial charge in [-0.05, 0) is 18.9 Å². The van der Waals surface area contributed by atoms with E-state index in [-0.39, 0.29) is 5.97 Å². The van der Waals surface area contributed by atoms with E-state index in [1.54, 1.807) is 6.92 Å². The lowest BCUT2D eigenvalue weighted by Crippen LogP contribution is -2.05. The van der Waals surface area contributed by atoms with E-state index in [0.717, 1.165) is 6.42 Å². The first-order chi connectivity index (χ1) is 10.1. The Bertz CT molecular complexity index is 262. The lowest BCUT2D eigenvalue weighted by Gasteiger charge is -2.04. The highest BCUT2D eigenvalue weighted by molar-refractivity contribution is 6.25. The van der Waals surface area contributed by atoms with Gasteiger partial charge in [0.15, 0.2) is 0 Å². The van der Waals surface area contributed by atoms with Crippen LogP contribution in [0.3, 0.4) is 0 Å². The lowest BCUT2D eigenvalue weighted by atomic mass is 10.1. The van der Waals surface area contributed by atoms with Crippen LogP contribution < -0.4 is 0 Å². The fraction of sp³-hybridized carbons (Fsp3) is 0.722. The second kappa shape index (κ2) is 19.2. The van der Waals surface area contributed by atoms with E-state index in [1.165, 1.54) is 63.3 Å². The van der Waals surface area contributed by atoms with Crippen LogP contribution in [0.5, 0.6) is 0 Å². The van der Waals surface area contributed by atoms with Gasteiger partial charge < -0.3 is 4.74 Å². The van der Waals surface area contributed by atoms with Crippen molar-refractivity contribution in [2.45, 2.75) is 78.1 Å². The Morgan fingerprint density at radius 1 is 1.00 bits per heavy atom. The van der Waals surface area contributed by atoms with Crippen LogP contribution in [0.15, 0.2) is 24.3 Å². The first kappa shape index (κ1) is 22.5. The summed E-state index contributed by atoms with van der Waals surface area (Å²) in [5.41, 5.74) is 1.71. The van der Waals surface area contributed by atoms with Crippen LogP contribution in [0.25, 0.3) is 0 Å². The third-order valence-corrected chi connectivity index (χ3v) is 3.08. The molecule has 0 saturated carbocycles. The van der Waals surface area contributed by atoms with Gasteiger partial charge >= 0.3 is 5.97 Å². The SMILES string of the molecule is C=C(C)C(=O)OCCCCCCCCCCCC.C=CCl. The van der Waals surface area contributed by atoms with Gasteiger partial charge in [0.05, 0.1) is 6.61 Å². The standard InChI is InChI=1S/C16H30O2.C2H3Cl/c1-4-5-6-7-8-9-10-11-12-13-14-18-16(17)15(2)3;1-2-3/h2,4-14H2,1,3H3;2H,1H2. The van der Waals surface area contributed by atoms with Crippen LogP contribution in [0.4, 0.5) is 0 Å². The number of esters is 1. The normalized spacial score (nSPS) is 9.48. The molecule has 0 N–H and O–H groups in total. The molecule has 3 heteroatoms. The van der Waals surface area contributed by atoms with E-state index in [1.807, 2.05) is 0 Å². The maximum atomic E-state index is 11.1. The molecule has 0 aromatic rings. The Morgan fingerprint density at radius 2 is 1.38 bits per heavy atom. The smallest absolute Gasteiger partial charge is 0.333 e. The van der Waals surface area contributed by atoms with Gasteiger partial charge in [0.25, 0.3) is 0 Å². The Hall–Kier alpha value is -0.760. The van der Waals surface area contributed by atoms with Crippen LogP contribution in [-0.2, 0) is 9.53 Å². The first-order valence-electron chi connectivity index (χ1n) is 8.13. The molecule has 0 bridgehead atoms. The van der Waals surface area contributed by atoms with Crippen LogP contribution in [0.1, 0.15) is 78.1 Å². The molecule has 0 aromatic heterocycles. The summed E-state index contributed by atoms with van der Waals surface area (Å²) in [5.74, 6) is -0.258. The van der Waals surface area contributed by atoms with Crippen LogP contribution in [0.2, 0.25) is 0 Å². The number of ether oxygens (including phenoxy) is 1. The predicted octanol–water partition coefficient (Wildman–Crippen LogP) is 6.40.